The summed E-state index contributed by atoms with van der Waals surface area (Å²) < 4.78 is 1.55. The predicted molar refractivity (Wildman–Crippen MR) is 94.9 cm³/mol. The summed E-state index contributed by atoms with van der Waals surface area (Å²) in [6.45, 7) is 0.222. The average molecular weight is 371 g/mol. The second-order valence-corrected chi connectivity index (χ2v) is 5.75. The topological polar surface area (TPSA) is 128 Å². The molecule has 1 atom stereocenters. The lowest BCUT2D eigenvalue weighted by Crippen LogP contribution is -2.44. The third-order valence-corrected chi connectivity index (χ3v) is 3.72. The molecule has 8 nitrogen and oxygen atoms in total. The third kappa shape index (κ3) is 6.28. The van der Waals surface area contributed by atoms with E-state index in [0.717, 1.165) is 0 Å². The van der Waals surface area contributed by atoms with Crippen LogP contribution in [0.15, 0.2) is 54.9 Å². The Morgan fingerprint density at radius 3 is 2.44 bits per heavy atom. The Balaban J connectivity index is 1.95. The first-order valence-corrected chi connectivity index (χ1v) is 8.08. The molecule has 4 N–H and O–H groups in total. The largest absolute Gasteiger partial charge is 0.508 e. The second kappa shape index (κ2) is 9.14. The number of aryl methyl sites for hydroxylation is 1. The maximum absolute atomic E-state index is 12.0. The van der Waals surface area contributed by atoms with Crippen molar-refractivity contribution in [1.29, 1.82) is 0 Å². The number of pyridine rings is 1. The number of carboxylic acids is 2. The molecule has 27 heavy (non-hydrogen) atoms. The molecule has 0 saturated carbocycles. The van der Waals surface area contributed by atoms with Gasteiger partial charge in [0.05, 0.1) is 0 Å². The molecule has 0 saturated heterocycles. The van der Waals surface area contributed by atoms with Crippen molar-refractivity contribution in [3.8, 4) is 5.75 Å². The van der Waals surface area contributed by atoms with Crippen LogP contribution in [0.1, 0.15) is 22.3 Å². The smallest absolute Gasteiger partial charge is 0.341 e. The highest BCUT2D eigenvalue weighted by Gasteiger charge is 2.21. The van der Waals surface area contributed by atoms with Gasteiger partial charge in [0, 0.05) is 18.6 Å². The molecule has 8 heteroatoms. The Labute approximate surface area is 155 Å². The second-order valence-electron chi connectivity index (χ2n) is 5.75. The molecule has 0 aliphatic rings. The van der Waals surface area contributed by atoms with E-state index in [2.05, 4.69) is 5.32 Å². The highest BCUT2D eigenvalue weighted by atomic mass is 16.4. The maximum Gasteiger partial charge on any atom is 0.341 e. The van der Waals surface area contributed by atoms with Crippen molar-refractivity contribution in [2.75, 3.05) is 0 Å². The molecule has 0 aliphatic heterocycles. The molecule has 1 aromatic carbocycles. The number of phenols is 1. The number of rotatable bonds is 8. The summed E-state index contributed by atoms with van der Waals surface area (Å²) in [6.07, 6.45) is 5.81. The molecule has 1 unspecified atom stereocenters. The summed E-state index contributed by atoms with van der Waals surface area (Å²) in [5, 5.41) is 29.9. The van der Waals surface area contributed by atoms with Crippen molar-refractivity contribution in [3.05, 3.63) is 66.0 Å². The minimum atomic E-state index is -1.18. The standard InChI is InChI=1S/C19H18N2O6/c22-15-6-3-13(4-7-15)5-8-17(23)20-16(19(26)27)9-11-21-10-1-2-14(12-21)18(24)25/h1-8,10,12,16H,9,11H2,(H3-,20,22,23,24,25,26,27)/p+1. The van der Waals surface area contributed by atoms with Gasteiger partial charge in [-0.15, -0.1) is 0 Å². The van der Waals surface area contributed by atoms with E-state index >= 15 is 0 Å². The number of aromatic hydroxyl groups is 1. The summed E-state index contributed by atoms with van der Waals surface area (Å²) >= 11 is 0. The van der Waals surface area contributed by atoms with Crippen LogP contribution in [0.5, 0.6) is 5.75 Å². The Hall–Kier alpha value is -3.68. The van der Waals surface area contributed by atoms with Gasteiger partial charge in [0.25, 0.3) is 0 Å². The molecule has 1 heterocycles. The molecule has 2 aromatic rings. The van der Waals surface area contributed by atoms with Crippen LogP contribution in [0.25, 0.3) is 6.08 Å². The summed E-state index contributed by atoms with van der Waals surface area (Å²) in [6, 6.07) is 8.03. The van der Waals surface area contributed by atoms with E-state index in [0.29, 0.717) is 5.56 Å². The number of hydrogen-bond acceptors (Lipinski definition) is 4. The molecule has 0 aliphatic carbocycles. The molecule has 2 rings (SSSR count). The number of hydrogen-bond donors (Lipinski definition) is 4. The van der Waals surface area contributed by atoms with Gasteiger partial charge < -0.3 is 20.6 Å². The zero-order valence-corrected chi connectivity index (χ0v) is 14.3. The molecule has 1 amide bonds. The van der Waals surface area contributed by atoms with Gasteiger partial charge in [-0.2, -0.15) is 0 Å². The number of carbonyl (C=O) groups excluding carboxylic acids is 1. The number of carboxylic acid groups (broad SMARTS) is 2. The summed E-state index contributed by atoms with van der Waals surface area (Å²) in [5.74, 6) is -2.73. The molecule has 0 fully saturated rings. The average Bonchev–Trinajstić information content (AvgIpc) is 2.64. The van der Waals surface area contributed by atoms with Gasteiger partial charge in [-0.1, -0.05) is 12.1 Å². The van der Waals surface area contributed by atoms with Crippen LogP contribution in [0.4, 0.5) is 0 Å². The van der Waals surface area contributed by atoms with Crippen molar-refractivity contribution >= 4 is 23.9 Å². The number of aromatic nitrogens is 1. The lowest BCUT2D eigenvalue weighted by atomic mass is 10.2. The molecule has 0 bridgehead atoms. The van der Waals surface area contributed by atoms with E-state index in [1.54, 1.807) is 29.0 Å². The summed E-state index contributed by atoms with van der Waals surface area (Å²) in [5.41, 5.74) is 0.765. The van der Waals surface area contributed by atoms with Gasteiger partial charge in [0.2, 0.25) is 5.91 Å². The number of carbonyl (C=O) groups is 3. The van der Waals surface area contributed by atoms with Crippen molar-refractivity contribution < 1.29 is 34.3 Å². The van der Waals surface area contributed by atoms with Crippen LogP contribution in [0.3, 0.4) is 0 Å². The monoisotopic (exact) mass is 371 g/mol. The Kier molecular flexibility index (Phi) is 6.65. The van der Waals surface area contributed by atoms with Crippen molar-refractivity contribution in [2.24, 2.45) is 0 Å². The van der Waals surface area contributed by atoms with Crippen LogP contribution >= 0.6 is 0 Å². The van der Waals surface area contributed by atoms with Gasteiger partial charge in [0.1, 0.15) is 17.4 Å². The molecular formula is C19H19N2O6+. The highest BCUT2D eigenvalue weighted by Crippen LogP contribution is 2.10. The van der Waals surface area contributed by atoms with Gasteiger partial charge in [0.15, 0.2) is 18.9 Å². The van der Waals surface area contributed by atoms with Crippen molar-refractivity contribution in [3.63, 3.8) is 0 Å². The first-order valence-electron chi connectivity index (χ1n) is 8.08. The minimum Gasteiger partial charge on any atom is -0.508 e. The van der Waals surface area contributed by atoms with Gasteiger partial charge in [-0.3, -0.25) is 4.79 Å². The minimum absolute atomic E-state index is 0.0852. The fraction of sp³-hybridized carbons (Fsp3) is 0.158. The number of benzene rings is 1. The van der Waals surface area contributed by atoms with E-state index in [1.165, 1.54) is 36.5 Å². The lowest BCUT2D eigenvalue weighted by molar-refractivity contribution is -0.697. The number of nitrogens with one attached hydrogen (secondary N) is 1. The molecular weight excluding hydrogens is 352 g/mol. The van der Waals surface area contributed by atoms with E-state index in [4.69, 9.17) is 5.11 Å². The van der Waals surface area contributed by atoms with Crippen LogP contribution in [0.2, 0.25) is 0 Å². The number of nitrogens with zero attached hydrogens (tertiary/aromatic N) is 1. The predicted octanol–water partition coefficient (Wildman–Crippen LogP) is 1.05. The highest BCUT2D eigenvalue weighted by molar-refractivity contribution is 5.94. The SMILES string of the molecule is O=C(C=Cc1ccc(O)cc1)NC(CC[n+]1cccc(C(=O)O)c1)C(=O)O. The Morgan fingerprint density at radius 1 is 1.11 bits per heavy atom. The maximum atomic E-state index is 12.0. The van der Waals surface area contributed by atoms with E-state index in [1.807, 2.05) is 0 Å². The normalized spacial score (nSPS) is 11.9. The van der Waals surface area contributed by atoms with Gasteiger partial charge in [-0.05, 0) is 29.8 Å². The van der Waals surface area contributed by atoms with Gasteiger partial charge >= 0.3 is 11.9 Å². The van der Waals surface area contributed by atoms with Crippen LogP contribution in [-0.4, -0.2) is 39.2 Å². The quantitative estimate of drug-likeness (QED) is 0.406. The van der Waals surface area contributed by atoms with Crippen LogP contribution in [-0.2, 0) is 16.1 Å². The first-order chi connectivity index (χ1) is 12.8. The molecule has 0 spiro atoms. The Bertz CT molecular complexity index is 861. The van der Waals surface area contributed by atoms with E-state index in [-0.39, 0.29) is 24.3 Å². The fourth-order valence-corrected chi connectivity index (χ4v) is 2.30. The number of phenolic OH excluding ortho intramolecular Hbond substituents is 1. The zero-order chi connectivity index (χ0) is 19.8. The van der Waals surface area contributed by atoms with Crippen LogP contribution in [0, 0.1) is 0 Å². The van der Waals surface area contributed by atoms with Crippen molar-refractivity contribution in [1.82, 2.24) is 5.32 Å². The van der Waals surface area contributed by atoms with Crippen molar-refractivity contribution in [2.45, 2.75) is 19.0 Å². The molecule has 0 radical (unpaired) electrons. The number of amides is 1. The van der Waals surface area contributed by atoms with Gasteiger partial charge in [-0.25, -0.2) is 14.2 Å². The Morgan fingerprint density at radius 2 is 1.81 bits per heavy atom. The lowest BCUT2D eigenvalue weighted by Gasteiger charge is -2.11. The summed E-state index contributed by atoms with van der Waals surface area (Å²) in [4.78, 5) is 34.3. The molecule has 1 aromatic heterocycles. The van der Waals surface area contributed by atoms with E-state index in [9.17, 15) is 24.6 Å². The number of aliphatic carboxylic acids is 1. The third-order valence-electron chi connectivity index (χ3n) is 3.72. The molecule has 140 valence electrons. The zero-order valence-electron chi connectivity index (χ0n) is 14.3. The summed E-state index contributed by atoms with van der Waals surface area (Å²) in [7, 11) is 0. The number of aromatic carboxylic acids is 1. The first kappa shape index (κ1) is 19.6. The fourth-order valence-electron chi connectivity index (χ4n) is 2.30. The van der Waals surface area contributed by atoms with Crippen LogP contribution < -0.4 is 9.88 Å². The van der Waals surface area contributed by atoms with E-state index < -0.39 is 23.9 Å².